The van der Waals surface area contributed by atoms with Gasteiger partial charge >= 0.3 is 0 Å². The van der Waals surface area contributed by atoms with E-state index in [9.17, 15) is 9.59 Å². The number of rotatable bonds is 2. The van der Waals surface area contributed by atoms with E-state index >= 15 is 0 Å². The van der Waals surface area contributed by atoms with E-state index in [1.807, 2.05) is 72.8 Å². The lowest BCUT2D eigenvalue weighted by atomic mass is 9.79. The summed E-state index contributed by atoms with van der Waals surface area (Å²) in [6, 6.07) is 70.5. The van der Waals surface area contributed by atoms with Crippen molar-refractivity contribution >= 4 is 87.5 Å². The van der Waals surface area contributed by atoms with Gasteiger partial charge < -0.3 is 18.0 Å². The molecule has 0 fully saturated rings. The zero-order chi connectivity index (χ0) is 44.8. The van der Waals surface area contributed by atoms with E-state index in [2.05, 4.69) is 143 Å². The van der Waals surface area contributed by atoms with Crippen molar-refractivity contribution < 1.29 is 8.83 Å². The molecule has 0 amide bonds. The van der Waals surface area contributed by atoms with E-state index in [0.29, 0.717) is 43.9 Å². The topological polar surface area (TPSA) is 70.3 Å². The van der Waals surface area contributed by atoms with Crippen LogP contribution in [-0.2, 0) is 0 Å². The van der Waals surface area contributed by atoms with Crippen LogP contribution in [0.3, 0.4) is 0 Å². The summed E-state index contributed by atoms with van der Waals surface area (Å²) in [7, 11) is 0. The van der Waals surface area contributed by atoms with Crippen LogP contribution in [0.15, 0.2) is 225 Å². The van der Waals surface area contributed by atoms with Gasteiger partial charge in [0.1, 0.15) is 22.3 Å². The molecule has 6 heteroatoms. The predicted octanol–water partition coefficient (Wildman–Crippen LogP) is 15.4. The highest BCUT2D eigenvalue weighted by Gasteiger charge is 2.28. The van der Waals surface area contributed by atoms with Gasteiger partial charge in [-0.05, 0) is 142 Å². The lowest BCUT2D eigenvalue weighted by Gasteiger charge is -2.25. The van der Waals surface area contributed by atoms with Crippen LogP contribution >= 0.6 is 0 Å². The summed E-state index contributed by atoms with van der Waals surface area (Å²) in [4.78, 5) is 29.0. The van der Waals surface area contributed by atoms with Gasteiger partial charge in [-0.2, -0.15) is 0 Å². The molecule has 4 aromatic heterocycles. The normalized spacial score (nSPS) is 12.2. The average Bonchev–Trinajstić information content (AvgIpc) is 3.91. The van der Waals surface area contributed by atoms with Gasteiger partial charge in [-0.15, -0.1) is 0 Å². The molecule has 0 unspecified atom stereocenters. The van der Waals surface area contributed by atoms with Crippen LogP contribution in [0.1, 0.15) is 0 Å². The van der Waals surface area contributed by atoms with Crippen molar-refractivity contribution in [1.82, 2.24) is 9.13 Å². The second kappa shape index (κ2) is 13.6. The van der Waals surface area contributed by atoms with Crippen LogP contribution in [0.25, 0.3) is 143 Å². The quantitative estimate of drug-likeness (QED) is 0.162. The summed E-state index contributed by atoms with van der Waals surface area (Å²) in [5.41, 5.74) is 15.5. The van der Waals surface area contributed by atoms with Gasteiger partial charge in [-0.1, -0.05) is 109 Å². The molecule has 0 saturated carbocycles. The van der Waals surface area contributed by atoms with Crippen molar-refractivity contribution in [3.05, 3.63) is 227 Å². The molecule has 15 rings (SSSR count). The highest BCUT2D eigenvalue weighted by atomic mass is 16.3. The molecule has 14 aromatic rings. The van der Waals surface area contributed by atoms with Crippen LogP contribution in [0, 0.1) is 0 Å². The zero-order valence-electron chi connectivity index (χ0n) is 36.2. The van der Waals surface area contributed by atoms with E-state index in [1.165, 1.54) is 21.5 Å². The molecular formula is C62H34N2O4. The second-order valence-corrected chi connectivity index (χ2v) is 17.8. The Balaban J connectivity index is 1.12. The van der Waals surface area contributed by atoms with Crippen molar-refractivity contribution in [2.75, 3.05) is 0 Å². The first-order chi connectivity index (χ1) is 33.6. The number of hydrogen-bond acceptors (Lipinski definition) is 4. The molecule has 0 atom stereocenters. The fraction of sp³-hybridized carbons (Fsp3) is 0. The molecule has 68 heavy (non-hydrogen) atoms. The third kappa shape index (κ3) is 5.06. The minimum atomic E-state index is -0.113. The van der Waals surface area contributed by atoms with Gasteiger partial charge in [-0.3, -0.25) is 9.59 Å². The van der Waals surface area contributed by atoms with Crippen molar-refractivity contribution in [2.24, 2.45) is 0 Å². The monoisotopic (exact) mass is 870 g/mol. The SMILES string of the molecule is O=c1c2ccccc2oc2cc3c(cc12)-c1cc2c(=O)c4ccccc4oc2cc1-c1ccc(-n2c4ccccc4c4ccccc42)cc1-c1cc(-n2c4ccccc4c4ccccc42)ccc1-3. The molecular weight excluding hydrogens is 837 g/mol. The van der Waals surface area contributed by atoms with E-state index in [-0.39, 0.29) is 10.9 Å². The number of nitrogens with zero attached hydrogens (tertiary/aromatic N) is 2. The summed E-state index contributed by atoms with van der Waals surface area (Å²) >= 11 is 0. The van der Waals surface area contributed by atoms with Gasteiger partial charge in [0.25, 0.3) is 0 Å². The van der Waals surface area contributed by atoms with Crippen LogP contribution in [0.2, 0.25) is 0 Å². The molecule has 0 aliphatic heterocycles. The molecule has 0 radical (unpaired) electrons. The first-order valence-corrected chi connectivity index (χ1v) is 22.8. The number of hydrogen-bond donors (Lipinski definition) is 0. The van der Waals surface area contributed by atoms with Gasteiger partial charge in [-0.25, -0.2) is 0 Å². The first-order valence-electron chi connectivity index (χ1n) is 22.8. The molecule has 0 bridgehead atoms. The lowest BCUT2D eigenvalue weighted by molar-refractivity contribution is 0.659. The number of benzene rings is 10. The van der Waals surface area contributed by atoms with Gasteiger partial charge in [0, 0.05) is 32.9 Å². The first kappa shape index (κ1) is 37.0. The summed E-state index contributed by atoms with van der Waals surface area (Å²) in [6.45, 7) is 0. The van der Waals surface area contributed by atoms with Gasteiger partial charge in [0.05, 0.1) is 43.6 Å². The average molecular weight is 871 g/mol. The Morgan fingerprint density at radius 2 is 0.559 bits per heavy atom. The smallest absolute Gasteiger partial charge is 0.200 e. The fourth-order valence-corrected chi connectivity index (χ4v) is 11.2. The van der Waals surface area contributed by atoms with E-state index in [1.54, 1.807) is 0 Å². The Bertz CT molecular complexity index is 4270. The maximum Gasteiger partial charge on any atom is 0.200 e. The summed E-state index contributed by atoms with van der Waals surface area (Å²) in [5.74, 6) is 0. The lowest BCUT2D eigenvalue weighted by Crippen LogP contribution is -2.06. The van der Waals surface area contributed by atoms with Crippen molar-refractivity contribution in [3.63, 3.8) is 0 Å². The van der Waals surface area contributed by atoms with Gasteiger partial charge in [0.2, 0.25) is 10.9 Å². The molecule has 1 aliphatic rings. The largest absolute Gasteiger partial charge is 0.456 e. The van der Waals surface area contributed by atoms with E-state index < -0.39 is 0 Å². The van der Waals surface area contributed by atoms with E-state index in [4.69, 9.17) is 8.83 Å². The van der Waals surface area contributed by atoms with Crippen molar-refractivity contribution in [1.29, 1.82) is 0 Å². The molecule has 316 valence electrons. The van der Waals surface area contributed by atoms with Crippen LogP contribution in [0.5, 0.6) is 0 Å². The van der Waals surface area contributed by atoms with Gasteiger partial charge in [0.15, 0.2) is 0 Å². The second-order valence-electron chi connectivity index (χ2n) is 17.8. The molecule has 6 nitrogen and oxygen atoms in total. The standard InChI is InChI=1S/C62H34N2O4/c65-61-43-17-5-11-23-57(43)67-59-33-49-37-27-25-35(63-53-19-7-1-13-39(53)40-14-2-8-20-54(40)63)29-45(37)46-30-36(64-55-21-9-3-15-41(55)42-16-4-10-22-56(42)64)26-28-38(46)50-34-60-52(32-48(50)47(49)31-51(59)61)62(66)44-18-6-12-24-58(44)68-60/h1-34H. The Labute approximate surface area is 386 Å². The third-order valence-electron chi connectivity index (χ3n) is 14.3. The minimum Gasteiger partial charge on any atom is -0.456 e. The molecule has 4 heterocycles. The van der Waals surface area contributed by atoms with Crippen molar-refractivity contribution in [3.8, 4) is 55.9 Å². The van der Waals surface area contributed by atoms with Crippen molar-refractivity contribution in [2.45, 2.75) is 0 Å². The molecule has 0 N–H and O–H groups in total. The number of fused-ring (bicyclic) bond motifs is 18. The molecule has 0 saturated heterocycles. The predicted molar refractivity (Wildman–Crippen MR) is 278 cm³/mol. The highest BCUT2D eigenvalue weighted by molar-refractivity contribution is 6.13. The summed E-state index contributed by atoms with van der Waals surface area (Å²) in [5, 5.41) is 6.66. The molecule has 10 aromatic carbocycles. The van der Waals surface area contributed by atoms with Crippen LogP contribution in [0.4, 0.5) is 0 Å². The fourth-order valence-electron chi connectivity index (χ4n) is 11.2. The Hall–Kier alpha value is -9.26. The Kier molecular flexibility index (Phi) is 7.42. The molecule has 1 aliphatic carbocycles. The Morgan fingerprint density at radius 1 is 0.250 bits per heavy atom. The highest BCUT2D eigenvalue weighted by Crippen LogP contribution is 2.51. The number of aromatic nitrogens is 2. The third-order valence-corrected chi connectivity index (χ3v) is 14.3. The Morgan fingerprint density at radius 3 is 0.941 bits per heavy atom. The number of para-hydroxylation sites is 6. The summed E-state index contributed by atoms with van der Waals surface area (Å²) in [6.07, 6.45) is 0. The zero-order valence-corrected chi connectivity index (χ0v) is 36.2. The molecule has 0 spiro atoms. The maximum atomic E-state index is 14.5. The maximum absolute atomic E-state index is 14.5. The van der Waals surface area contributed by atoms with Crippen LogP contribution in [-0.4, -0.2) is 9.13 Å². The van der Waals surface area contributed by atoms with E-state index in [0.717, 1.165) is 77.9 Å². The minimum absolute atomic E-state index is 0.113. The van der Waals surface area contributed by atoms with Crippen LogP contribution < -0.4 is 10.9 Å². The summed E-state index contributed by atoms with van der Waals surface area (Å²) < 4.78 is 18.0.